The number of esters is 1. The maximum Gasteiger partial charge on any atom is 0.373 e. The molecule has 2 aromatic rings. The summed E-state index contributed by atoms with van der Waals surface area (Å²) in [4.78, 5) is 36.7. The van der Waals surface area contributed by atoms with Gasteiger partial charge in [-0.05, 0) is 35.9 Å². The third kappa shape index (κ3) is 3.37. The number of amides is 3. The molecule has 0 radical (unpaired) electrons. The van der Waals surface area contributed by atoms with Gasteiger partial charge in [-0.3, -0.25) is 9.69 Å². The lowest BCUT2D eigenvalue weighted by Crippen LogP contribution is -2.30. The molecule has 128 valence electrons. The molecule has 0 bridgehead atoms. The Balaban J connectivity index is 1.76. The average Bonchev–Trinajstić information content (AvgIpc) is 3.17. The monoisotopic (exact) mass is 342 g/mol. The first-order chi connectivity index (χ1) is 12.0. The minimum absolute atomic E-state index is 0.00980. The standard InChI is InChI=1S/C17H14N2O6/c1-24-16(22)14-7-6-12(25-14)9-19-15(21)13(18-17(19)23)8-10-2-4-11(20)5-3-10/h2-8,20H,9H2,1H3,(H,18,23). The molecule has 1 aliphatic heterocycles. The van der Waals surface area contributed by atoms with Crippen LogP contribution in [0.25, 0.3) is 6.08 Å². The molecule has 3 rings (SSSR count). The predicted molar refractivity (Wildman–Crippen MR) is 85.2 cm³/mol. The van der Waals surface area contributed by atoms with E-state index in [4.69, 9.17) is 4.42 Å². The van der Waals surface area contributed by atoms with E-state index in [1.165, 1.54) is 37.5 Å². The van der Waals surface area contributed by atoms with Gasteiger partial charge in [-0.2, -0.15) is 0 Å². The summed E-state index contributed by atoms with van der Waals surface area (Å²) in [5.41, 5.74) is 0.754. The van der Waals surface area contributed by atoms with Crippen molar-refractivity contribution in [2.45, 2.75) is 6.54 Å². The topological polar surface area (TPSA) is 109 Å². The third-order valence-electron chi connectivity index (χ3n) is 3.53. The largest absolute Gasteiger partial charge is 0.508 e. The smallest absolute Gasteiger partial charge is 0.373 e. The number of imide groups is 1. The molecule has 3 amide bonds. The van der Waals surface area contributed by atoms with Crippen LogP contribution in [0, 0.1) is 0 Å². The van der Waals surface area contributed by atoms with Gasteiger partial charge < -0.3 is 19.6 Å². The molecule has 8 nitrogen and oxygen atoms in total. The number of phenolic OH excluding ortho intramolecular Hbond substituents is 1. The van der Waals surface area contributed by atoms with Crippen molar-refractivity contribution in [1.29, 1.82) is 0 Å². The Morgan fingerprint density at radius 1 is 1.24 bits per heavy atom. The molecule has 0 atom stereocenters. The Morgan fingerprint density at radius 2 is 1.96 bits per heavy atom. The van der Waals surface area contributed by atoms with Crippen LogP contribution in [-0.4, -0.2) is 35.0 Å². The fourth-order valence-electron chi connectivity index (χ4n) is 2.28. The first-order valence-corrected chi connectivity index (χ1v) is 7.28. The normalized spacial score (nSPS) is 15.6. The fourth-order valence-corrected chi connectivity index (χ4v) is 2.28. The van der Waals surface area contributed by atoms with Gasteiger partial charge in [0.05, 0.1) is 13.7 Å². The summed E-state index contributed by atoms with van der Waals surface area (Å²) in [7, 11) is 1.22. The number of hydrogen-bond acceptors (Lipinski definition) is 6. The van der Waals surface area contributed by atoms with Crippen LogP contribution < -0.4 is 5.32 Å². The number of hydrogen-bond donors (Lipinski definition) is 2. The maximum absolute atomic E-state index is 12.4. The summed E-state index contributed by atoms with van der Waals surface area (Å²) in [6.45, 7) is -0.116. The number of ether oxygens (including phenoxy) is 1. The van der Waals surface area contributed by atoms with Gasteiger partial charge in [0.2, 0.25) is 5.76 Å². The van der Waals surface area contributed by atoms with Crippen molar-refractivity contribution in [3.05, 3.63) is 59.2 Å². The van der Waals surface area contributed by atoms with E-state index in [0.717, 1.165) is 4.90 Å². The highest BCUT2D eigenvalue weighted by atomic mass is 16.5. The zero-order valence-electron chi connectivity index (χ0n) is 13.2. The molecular formula is C17H14N2O6. The molecular weight excluding hydrogens is 328 g/mol. The summed E-state index contributed by atoms with van der Waals surface area (Å²) < 4.78 is 9.80. The molecule has 1 fully saturated rings. The Kier molecular flexibility index (Phi) is 4.25. The SMILES string of the molecule is COC(=O)c1ccc(CN2C(=O)NC(=Cc3ccc(O)cc3)C2=O)o1. The van der Waals surface area contributed by atoms with Crippen LogP contribution in [0.3, 0.4) is 0 Å². The number of furan rings is 1. The van der Waals surface area contributed by atoms with Gasteiger partial charge in [0.25, 0.3) is 5.91 Å². The van der Waals surface area contributed by atoms with Gasteiger partial charge >= 0.3 is 12.0 Å². The van der Waals surface area contributed by atoms with E-state index in [-0.39, 0.29) is 29.5 Å². The lowest BCUT2D eigenvalue weighted by atomic mass is 10.2. The van der Waals surface area contributed by atoms with E-state index in [1.54, 1.807) is 12.1 Å². The van der Waals surface area contributed by atoms with Crippen molar-refractivity contribution in [2.75, 3.05) is 7.11 Å². The number of carbonyl (C=O) groups excluding carboxylic acids is 3. The highest BCUT2D eigenvalue weighted by Crippen LogP contribution is 2.19. The minimum atomic E-state index is -0.642. The fraction of sp³-hybridized carbons (Fsp3) is 0.118. The molecule has 1 aliphatic rings. The lowest BCUT2D eigenvalue weighted by Gasteiger charge is -2.09. The first-order valence-electron chi connectivity index (χ1n) is 7.28. The maximum atomic E-state index is 12.4. The van der Waals surface area contributed by atoms with Gasteiger partial charge in [0, 0.05) is 0 Å². The van der Waals surface area contributed by atoms with E-state index in [0.29, 0.717) is 5.56 Å². The van der Waals surface area contributed by atoms with Crippen molar-refractivity contribution in [2.24, 2.45) is 0 Å². The second kappa shape index (κ2) is 6.52. The van der Waals surface area contributed by atoms with Crippen LogP contribution in [0.1, 0.15) is 21.9 Å². The Bertz CT molecular complexity index is 866. The molecule has 0 saturated carbocycles. The van der Waals surface area contributed by atoms with E-state index in [9.17, 15) is 19.5 Å². The second-order valence-electron chi connectivity index (χ2n) is 5.23. The minimum Gasteiger partial charge on any atom is -0.508 e. The summed E-state index contributed by atoms with van der Waals surface area (Å²) in [6.07, 6.45) is 1.50. The van der Waals surface area contributed by atoms with Crippen LogP contribution in [0.4, 0.5) is 4.79 Å². The zero-order valence-corrected chi connectivity index (χ0v) is 13.2. The highest BCUT2D eigenvalue weighted by molar-refractivity contribution is 6.13. The van der Waals surface area contributed by atoms with Crippen molar-refractivity contribution in [1.82, 2.24) is 10.2 Å². The molecule has 0 unspecified atom stereocenters. The van der Waals surface area contributed by atoms with E-state index in [1.807, 2.05) is 0 Å². The Morgan fingerprint density at radius 3 is 2.64 bits per heavy atom. The number of rotatable bonds is 4. The molecule has 8 heteroatoms. The van der Waals surface area contributed by atoms with Gasteiger partial charge in [-0.1, -0.05) is 12.1 Å². The number of aromatic hydroxyl groups is 1. The van der Waals surface area contributed by atoms with Crippen LogP contribution in [0.15, 0.2) is 46.5 Å². The number of urea groups is 1. The first kappa shape index (κ1) is 16.3. The lowest BCUT2D eigenvalue weighted by molar-refractivity contribution is -0.123. The number of nitrogens with zero attached hydrogens (tertiary/aromatic N) is 1. The molecule has 1 aromatic carbocycles. The van der Waals surface area contributed by atoms with E-state index in [2.05, 4.69) is 10.1 Å². The summed E-state index contributed by atoms with van der Waals surface area (Å²) in [5.74, 6) is -0.797. The van der Waals surface area contributed by atoms with Crippen molar-refractivity contribution >= 4 is 24.0 Å². The molecule has 0 aliphatic carbocycles. The predicted octanol–water partition coefficient (Wildman–Crippen LogP) is 1.86. The van der Waals surface area contributed by atoms with Crippen molar-refractivity contribution in [3.63, 3.8) is 0 Å². The van der Waals surface area contributed by atoms with Gasteiger partial charge in [-0.25, -0.2) is 9.59 Å². The average molecular weight is 342 g/mol. The molecule has 1 saturated heterocycles. The summed E-state index contributed by atoms with van der Waals surface area (Å²) in [6, 6.07) is 8.48. The van der Waals surface area contributed by atoms with Crippen LogP contribution in [0.5, 0.6) is 5.75 Å². The Hall–Kier alpha value is -3.55. The third-order valence-corrected chi connectivity index (χ3v) is 3.53. The van der Waals surface area contributed by atoms with Crippen LogP contribution in [0.2, 0.25) is 0 Å². The molecule has 25 heavy (non-hydrogen) atoms. The summed E-state index contributed by atoms with van der Waals surface area (Å²) >= 11 is 0. The molecule has 2 N–H and O–H groups in total. The van der Waals surface area contributed by atoms with E-state index >= 15 is 0 Å². The van der Waals surface area contributed by atoms with Crippen molar-refractivity contribution < 1.29 is 28.6 Å². The van der Waals surface area contributed by atoms with Crippen LogP contribution in [-0.2, 0) is 16.1 Å². The quantitative estimate of drug-likeness (QED) is 0.499. The molecule has 0 spiro atoms. The number of phenols is 1. The molecule has 2 heterocycles. The molecule has 1 aromatic heterocycles. The zero-order chi connectivity index (χ0) is 18.0. The Labute approximate surface area is 142 Å². The van der Waals surface area contributed by atoms with Gasteiger partial charge in [0.1, 0.15) is 17.2 Å². The number of methoxy groups -OCH3 is 1. The number of nitrogens with one attached hydrogen (secondary N) is 1. The summed E-state index contributed by atoms with van der Waals surface area (Å²) in [5, 5.41) is 11.7. The van der Waals surface area contributed by atoms with E-state index < -0.39 is 17.9 Å². The second-order valence-corrected chi connectivity index (χ2v) is 5.23. The number of carbonyl (C=O) groups is 3. The van der Waals surface area contributed by atoms with Crippen molar-refractivity contribution in [3.8, 4) is 5.75 Å². The highest BCUT2D eigenvalue weighted by Gasteiger charge is 2.34. The van der Waals surface area contributed by atoms with Gasteiger partial charge in [0.15, 0.2) is 0 Å². The number of benzene rings is 1. The van der Waals surface area contributed by atoms with Crippen LogP contribution >= 0.6 is 0 Å². The van der Waals surface area contributed by atoms with Gasteiger partial charge in [-0.15, -0.1) is 0 Å².